The number of carbonyl (C=O) groups excluding carboxylic acids is 2. The Morgan fingerprint density at radius 1 is 1.39 bits per heavy atom. The number of likely N-dealkylation sites (tertiary alicyclic amines) is 1. The zero-order chi connectivity index (χ0) is 22.1. The van der Waals surface area contributed by atoms with E-state index >= 15 is 0 Å². The molecule has 0 radical (unpaired) electrons. The third-order valence-electron chi connectivity index (χ3n) is 6.20. The highest BCUT2D eigenvalue weighted by Gasteiger charge is 2.34. The molecule has 4 unspecified atom stereocenters. The maximum absolute atomic E-state index is 13.1. The van der Waals surface area contributed by atoms with Crippen molar-refractivity contribution in [1.29, 1.82) is 5.26 Å². The Morgan fingerprint density at radius 2 is 2.26 bits per heavy atom. The average Bonchev–Trinajstić information content (AvgIpc) is 3.37. The molecule has 31 heavy (non-hydrogen) atoms. The second-order valence-electron chi connectivity index (χ2n) is 8.63. The summed E-state index contributed by atoms with van der Waals surface area (Å²) in [6.07, 6.45) is 12.5. The van der Waals surface area contributed by atoms with Crippen LogP contribution < -0.4 is 10.1 Å². The Kier molecular flexibility index (Phi) is 8.52. The summed E-state index contributed by atoms with van der Waals surface area (Å²) in [6.45, 7) is 2.89. The number of carbonyl (C=O) groups is 2. The van der Waals surface area contributed by atoms with Crippen molar-refractivity contribution in [2.45, 2.75) is 76.5 Å². The van der Waals surface area contributed by atoms with Crippen molar-refractivity contribution in [2.24, 2.45) is 5.92 Å². The van der Waals surface area contributed by atoms with Crippen molar-refractivity contribution in [3.63, 3.8) is 0 Å². The summed E-state index contributed by atoms with van der Waals surface area (Å²) < 4.78 is 6.09. The maximum atomic E-state index is 13.1. The van der Waals surface area contributed by atoms with Gasteiger partial charge in [-0.25, -0.2) is 0 Å². The van der Waals surface area contributed by atoms with Crippen LogP contribution in [-0.4, -0.2) is 41.9 Å². The molecule has 2 fully saturated rings. The zero-order valence-electron chi connectivity index (χ0n) is 18.3. The van der Waals surface area contributed by atoms with Crippen molar-refractivity contribution in [2.75, 3.05) is 6.54 Å². The molecule has 3 rings (SSSR count). The van der Waals surface area contributed by atoms with E-state index in [0.29, 0.717) is 29.7 Å². The average molecular weight is 424 g/mol. The molecule has 1 aliphatic heterocycles. The quantitative estimate of drug-likeness (QED) is 0.313. The van der Waals surface area contributed by atoms with Crippen molar-refractivity contribution >= 4 is 12.3 Å². The number of hydrogen-bond donors (Lipinski definition) is 1. The lowest BCUT2D eigenvalue weighted by Crippen LogP contribution is -2.43. The first-order valence-electron chi connectivity index (χ1n) is 11.5. The van der Waals surface area contributed by atoms with E-state index < -0.39 is 6.10 Å². The third-order valence-corrected chi connectivity index (χ3v) is 6.20. The molecule has 6 heteroatoms. The second-order valence-corrected chi connectivity index (χ2v) is 8.63. The van der Waals surface area contributed by atoms with Crippen molar-refractivity contribution in [3.05, 3.63) is 42.0 Å². The van der Waals surface area contributed by atoms with Crippen LogP contribution in [0.15, 0.2) is 36.4 Å². The van der Waals surface area contributed by atoms with Gasteiger partial charge < -0.3 is 15.0 Å². The van der Waals surface area contributed by atoms with Crippen LogP contribution in [0.25, 0.3) is 0 Å². The molecular formula is C25H33N3O3. The van der Waals surface area contributed by atoms with Crippen LogP contribution in [0.4, 0.5) is 0 Å². The van der Waals surface area contributed by atoms with Crippen molar-refractivity contribution < 1.29 is 14.3 Å². The Morgan fingerprint density at radius 3 is 3.00 bits per heavy atom. The fourth-order valence-electron chi connectivity index (χ4n) is 4.23. The molecule has 1 aromatic rings. The highest BCUT2D eigenvalue weighted by Crippen LogP contribution is 2.31. The van der Waals surface area contributed by atoms with Crippen LogP contribution in [0.3, 0.4) is 0 Å². The summed E-state index contributed by atoms with van der Waals surface area (Å²) in [4.78, 5) is 25.5. The number of hydrogen-bond acceptors (Lipinski definition) is 4. The summed E-state index contributed by atoms with van der Waals surface area (Å²) in [5.41, 5.74) is 0.534. The predicted molar refractivity (Wildman–Crippen MR) is 119 cm³/mol. The van der Waals surface area contributed by atoms with Gasteiger partial charge in [0.25, 0.3) is 5.91 Å². The summed E-state index contributed by atoms with van der Waals surface area (Å²) in [5, 5.41) is 11.9. The van der Waals surface area contributed by atoms with Crippen LogP contribution in [0.5, 0.6) is 5.75 Å². The largest absolute Gasteiger partial charge is 0.481 e. The van der Waals surface area contributed by atoms with Gasteiger partial charge in [0.15, 0.2) is 6.10 Å². The van der Waals surface area contributed by atoms with Gasteiger partial charge in [-0.05, 0) is 76.0 Å². The standard InChI is InChI=1S/C25H33N3O3/c1-19-9-8-14-28(19)25(30)24(31-22-12-7-10-20(15-22)17-26)13-6-4-2-3-5-11-21-16-23(21)27-18-29/h5,7,10-12,15,18-19,21,23-24H,2-4,6,8-9,13-14,16H2,1H3,(H,27,29)/b11-5-. The lowest BCUT2D eigenvalue weighted by atomic mass is 10.1. The second kappa shape index (κ2) is 11.5. The summed E-state index contributed by atoms with van der Waals surface area (Å²) in [7, 11) is 0. The number of ether oxygens (including phenoxy) is 1. The van der Waals surface area contributed by atoms with Gasteiger partial charge in [0.2, 0.25) is 6.41 Å². The molecular weight excluding hydrogens is 390 g/mol. The molecule has 0 aromatic heterocycles. The Hall–Kier alpha value is -2.81. The third kappa shape index (κ3) is 6.85. The SMILES string of the molecule is CC1CCCN1C(=O)C(CCCCC/C=C\C1CC1NC=O)Oc1cccc(C#N)c1. The smallest absolute Gasteiger partial charge is 0.263 e. The highest BCUT2D eigenvalue weighted by molar-refractivity contribution is 5.81. The number of unbranched alkanes of at least 4 members (excludes halogenated alkanes) is 3. The van der Waals surface area contributed by atoms with Crippen LogP contribution >= 0.6 is 0 Å². The van der Waals surface area contributed by atoms with Gasteiger partial charge in [-0.15, -0.1) is 0 Å². The predicted octanol–water partition coefficient (Wildman–Crippen LogP) is 3.96. The molecule has 0 bridgehead atoms. The molecule has 1 heterocycles. The number of nitrogens with one attached hydrogen (secondary N) is 1. The lowest BCUT2D eigenvalue weighted by Gasteiger charge is -2.27. The number of nitriles is 1. The van der Waals surface area contributed by atoms with E-state index in [0.717, 1.165) is 57.9 Å². The van der Waals surface area contributed by atoms with Crippen LogP contribution in [-0.2, 0) is 9.59 Å². The molecule has 1 saturated carbocycles. The van der Waals surface area contributed by atoms with E-state index in [2.05, 4.69) is 30.5 Å². The molecule has 4 atom stereocenters. The van der Waals surface area contributed by atoms with E-state index in [1.165, 1.54) is 0 Å². The molecule has 2 amide bonds. The summed E-state index contributed by atoms with van der Waals surface area (Å²) in [5.74, 6) is 1.14. The Labute approximate surface area is 185 Å². The van der Waals surface area contributed by atoms with Crippen molar-refractivity contribution in [3.8, 4) is 11.8 Å². The van der Waals surface area contributed by atoms with Gasteiger partial charge in [0.05, 0.1) is 11.6 Å². The summed E-state index contributed by atoms with van der Waals surface area (Å²) >= 11 is 0. The van der Waals surface area contributed by atoms with Gasteiger partial charge in [-0.1, -0.05) is 24.6 Å². The number of rotatable bonds is 12. The van der Waals surface area contributed by atoms with Crippen LogP contribution in [0, 0.1) is 17.2 Å². The number of allylic oxidation sites excluding steroid dienone is 1. The lowest BCUT2D eigenvalue weighted by molar-refractivity contribution is -0.139. The molecule has 6 nitrogen and oxygen atoms in total. The number of amides is 2. The van der Waals surface area contributed by atoms with Gasteiger partial charge >= 0.3 is 0 Å². The zero-order valence-corrected chi connectivity index (χ0v) is 18.3. The van der Waals surface area contributed by atoms with E-state index in [4.69, 9.17) is 10.00 Å². The first-order chi connectivity index (χ1) is 15.1. The van der Waals surface area contributed by atoms with Gasteiger partial charge in [0.1, 0.15) is 5.75 Å². The molecule has 1 N–H and O–H groups in total. The molecule has 1 saturated heterocycles. The fraction of sp³-hybridized carbons (Fsp3) is 0.560. The van der Waals surface area contributed by atoms with E-state index in [1.807, 2.05) is 11.0 Å². The molecule has 1 aromatic carbocycles. The van der Waals surface area contributed by atoms with Crippen LogP contribution in [0.1, 0.15) is 63.9 Å². The van der Waals surface area contributed by atoms with E-state index in [1.54, 1.807) is 18.2 Å². The van der Waals surface area contributed by atoms with Crippen LogP contribution in [0.2, 0.25) is 0 Å². The van der Waals surface area contributed by atoms with Gasteiger partial charge in [-0.2, -0.15) is 5.26 Å². The molecule has 166 valence electrons. The molecule has 0 spiro atoms. The maximum Gasteiger partial charge on any atom is 0.263 e. The minimum absolute atomic E-state index is 0.0645. The monoisotopic (exact) mass is 423 g/mol. The first-order valence-corrected chi connectivity index (χ1v) is 11.5. The van der Waals surface area contributed by atoms with E-state index in [-0.39, 0.29) is 11.9 Å². The van der Waals surface area contributed by atoms with Gasteiger partial charge in [0, 0.05) is 18.6 Å². The summed E-state index contributed by atoms with van der Waals surface area (Å²) in [6, 6.07) is 9.73. The molecule has 1 aliphatic carbocycles. The van der Waals surface area contributed by atoms with E-state index in [9.17, 15) is 9.59 Å². The normalized spacial score (nSPS) is 23.4. The molecule has 2 aliphatic rings. The van der Waals surface area contributed by atoms with Crippen molar-refractivity contribution in [1.82, 2.24) is 10.2 Å². The number of benzene rings is 1. The topological polar surface area (TPSA) is 82.4 Å². The fourth-order valence-corrected chi connectivity index (χ4v) is 4.23. The Balaban J connectivity index is 1.47. The minimum Gasteiger partial charge on any atom is -0.481 e. The Bertz CT molecular complexity index is 816. The number of nitrogens with zero attached hydrogens (tertiary/aromatic N) is 2. The van der Waals surface area contributed by atoms with Gasteiger partial charge in [-0.3, -0.25) is 9.59 Å². The highest BCUT2D eigenvalue weighted by atomic mass is 16.5. The minimum atomic E-state index is -0.508. The first kappa shape index (κ1) is 22.9.